The molecule has 0 aromatic heterocycles. The number of anilines is 2. The molecule has 0 atom stereocenters. The molecule has 2 aromatic carbocycles. The van der Waals surface area contributed by atoms with Crippen molar-refractivity contribution in [2.45, 2.75) is 0 Å². The third-order valence-corrected chi connectivity index (χ3v) is 4.12. The fourth-order valence-corrected chi connectivity index (χ4v) is 2.67. The van der Waals surface area contributed by atoms with E-state index < -0.39 is 0 Å². The van der Waals surface area contributed by atoms with Gasteiger partial charge in [-0.15, -0.1) is 0 Å². The zero-order chi connectivity index (χ0) is 14.1. The van der Waals surface area contributed by atoms with Crippen LogP contribution in [-0.2, 0) is 0 Å². The molecule has 0 fully saturated rings. The van der Waals surface area contributed by atoms with Gasteiger partial charge in [0.25, 0.3) is 5.91 Å². The molecule has 2 N–H and O–H groups in total. The predicted molar refractivity (Wildman–Crippen MR) is 82.2 cm³/mol. The standard InChI is InChI=1S/C15H13BrN2O2/c16-14-10(4-3-5-11(14)17)15(19)18-8-9-20-13-7-2-1-6-12(13)18/h1-7H,8-9,17H2. The van der Waals surface area contributed by atoms with Gasteiger partial charge in [0.15, 0.2) is 0 Å². The first-order valence-corrected chi connectivity index (χ1v) is 7.05. The van der Waals surface area contributed by atoms with E-state index in [4.69, 9.17) is 10.5 Å². The van der Waals surface area contributed by atoms with E-state index in [1.807, 2.05) is 24.3 Å². The minimum Gasteiger partial charge on any atom is -0.490 e. The Hall–Kier alpha value is -2.01. The summed E-state index contributed by atoms with van der Waals surface area (Å²) in [5.74, 6) is 0.645. The predicted octanol–water partition coefficient (Wildman–Crippen LogP) is 3.07. The van der Waals surface area contributed by atoms with E-state index in [9.17, 15) is 4.79 Å². The number of halogens is 1. The van der Waals surface area contributed by atoms with Crippen molar-refractivity contribution >= 4 is 33.2 Å². The van der Waals surface area contributed by atoms with E-state index in [0.717, 1.165) is 11.4 Å². The van der Waals surface area contributed by atoms with E-state index in [-0.39, 0.29) is 5.91 Å². The number of ether oxygens (including phenoxy) is 1. The van der Waals surface area contributed by atoms with E-state index in [1.54, 1.807) is 23.1 Å². The summed E-state index contributed by atoms with van der Waals surface area (Å²) in [4.78, 5) is 14.4. The normalized spacial score (nSPS) is 13.6. The first-order valence-electron chi connectivity index (χ1n) is 6.26. The highest BCUT2D eigenvalue weighted by molar-refractivity contribution is 9.10. The molecule has 1 aliphatic rings. The summed E-state index contributed by atoms with van der Waals surface area (Å²) < 4.78 is 6.20. The second-order valence-electron chi connectivity index (χ2n) is 4.48. The summed E-state index contributed by atoms with van der Waals surface area (Å²) in [6.45, 7) is 1.01. The van der Waals surface area contributed by atoms with Gasteiger partial charge in [0.2, 0.25) is 0 Å². The second-order valence-corrected chi connectivity index (χ2v) is 5.27. The van der Waals surface area contributed by atoms with Crippen LogP contribution in [0.25, 0.3) is 0 Å². The maximum absolute atomic E-state index is 12.7. The first-order chi connectivity index (χ1) is 9.68. The number of fused-ring (bicyclic) bond motifs is 1. The molecule has 0 spiro atoms. The van der Waals surface area contributed by atoms with Gasteiger partial charge in [-0.25, -0.2) is 0 Å². The summed E-state index contributed by atoms with van der Waals surface area (Å²) in [7, 11) is 0. The van der Waals surface area contributed by atoms with Gasteiger partial charge in [0.1, 0.15) is 12.4 Å². The van der Waals surface area contributed by atoms with E-state index in [1.165, 1.54) is 0 Å². The molecule has 20 heavy (non-hydrogen) atoms. The summed E-state index contributed by atoms with van der Waals surface area (Å²) in [6.07, 6.45) is 0. The quantitative estimate of drug-likeness (QED) is 0.816. The smallest absolute Gasteiger partial charge is 0.259 e. The maximum atomic E-state index is 12.7. The fraction of sp³-hybridized carbons (Fsp3) is 0.133. The highest BCUT2D eigenvalue weighted by Crippen LogP contribution is 2.33. The van der Waals surface area contributed by atoms with Gasteiger partial charge in [-0.05, 0) is 40.2 Å². The SMILES string of the molecule is Nc1cccc(C(=O)N2CCOc3ccccc32)c1Br. The van der Waals surface area contributed by atoms with Gasteiger partial charge in [-0.1, -0.05) is 18.2 Å². The van der Waals surface area contributed by atoms with Crippen LogP contribution in [0.5, 0.6) is 5.75 Å². The summed E-state index contributed by atoms with van der Waals surface area (Å²) in [5, 5.41) is 0. The fourth-order valence-electron chi connectivity index (χ4n) is 2.24. The number of nitrogens with zero attached hydrogens (tertiary/aromatic N) is 1. The number of amides is 1. The van der Waals surface area contributed by atoms with E-state index in [2.05, 4.69) is 15.9 Å². The highest BCUT2D eigenvalue weighted by Gasteiger charge is 2.25. The van der Waals surface area contributed by atoms with Crippen LogP contribution in [0, 0.1) is 0 Å². The van der Waals surface area contributed by atoms with Crippen LogP contribution < -0.4 is 15.4 Å². The van der Waals surface area contributed by atoms with Crippen LogP contribution in [0.2, 0.25) is 0 Å². The topological polar surface area (TPSA) is 55.6 Å². The molecule has 0 radical (unpaired) electrons. The Morgan fingerprint density at radius 2 is 2.00 bits per heavy atom. The molecule has 0 saturated carbocycles. The largest absolute Gasteiger partial charge is 0.490 e. The van der Waals surface area contributed by atoms with Crippen LogP contribution in [-0.4, -0.2) is 19.1 Å². The maximum Gasteiger partial charge on any atom is 0.259 e. The Kier molecular flexibility index (Phi) is 3.36. The number of nitrogen functional groups attached to an aromatic ring is 1. The van der Waals surface area contributed by atoms with Crippen molar-refractivity contribution in [3.63, 3.8) is 0 Å². The number of benzene rings is 2. The van der Waals surface area contributed by atoms with Crippen molar-refractivity contribution in [3.8, 4) is 5.75 Å². The van der Waals surface area contributed by atoms with Gasteiger partial charge in [0, 0.05) is 5.69 Å². The van der Waals surface area contributed by atoms with Crippen LogP contribution in [0.15, 0.2) is 46.9 Å². The number of carbonyl (C=O) groups is 1. The molecule has 102 valence electrons. The van der Waals surface area contributed by atoms with Gasteiger partial charge < -0.3 is 15.4 Å². The number of hydrogen-bond acceptors (Lipinski definition) is 3. The molecule has 1 aliphatic heterocycles. The Labute approximate surface area is 125 Å². The lowest BCUT2D eigenvalue weighted by atomic mass is 10.1. The number of rotatable bonds is 1. The van der Waals surface area contributed by atoms with Crippen molar-refractivity contribution in [3.05, 3.63) is 52.5 Å². The van der Waals surface area contributed by atoms with Gasteiger partial charge >= 0.3 is 0 Å². The van der Waals surface area contributed by atoms with Crippen molar-refractivity contribution in [2.75, 3.05) is 23.8 Å². The summed E-state index contributed by atoms with van der Waals surface area (Å²) in [5.41, 5.74) is 7.74. The number of para-hydroxylation sites is 2. The molecule has 0 unspecified atom stereocenters. The molecule has 4 nitrogen and oxygen atoms in total. The molecule has 3 rings (SSSR count). The molecule has 0 aliphatic carbocycles. The Bertz CT molecular complexity index is 673. The third kappa shape index (κ3) is 2.14. The molecular formula is C15H13BrN2O2. The lowest BCUT2D eigenvalue weighted by Crippen LogP contribution is -2.38. The Morgan fingerprint density at radius 3 is 2.85 bits per heavy atom. The van der Waals surface area contributed by atoms with Crippen molar-refractivity contribution in [1.82, 2.24) is 0 Å². The van der Waals surface area contributed by atoms with Gasteiger partial charge in [-0.2, -0.15) is 0 Å². The average molecular weight is 333 g/mol. The number of hydrogen-bond donors (Lipinski definition) is 1. The monoisotopic (exact) mass is 332 g/mol. The van der Waals surface area contributed by atoms with Crippen LogP contribution in [0.3, 0.4) is 0 Å². The summed E-state index contributed by atoms with van der Waals surface area (Å²) in [6, 6.07) is 12.8. The molecule has 0 bridgehead atoms. The van der Waals surface area contributed by atoms with Crippen LogP contribution in [0.4, 0.5) is 11.4 Å². The number of nitrogens with two attached hydrogens (primary N) is 1. The van der Waals surface area contributed by atoms with E-state index >= 15 is 0 Å². The average Bonchev–Trinajstić information content (AvgIpc) is 2.49. The van der Waals surface area contributed by atoms with Crippen LogP contribution >= 0.6 is 15.9 Å². The van der Waals surface area contributed by atoms with Crippen LogP contribution in [0.1, 0.15) is 10.4 Å². The minimum atomic E-state index is -0.0834. The van der Waals surface area contributed by atoms with Crippen molar-refractivity contribution < 1.29 is 9.53 Å². The molecular weight excluding hydrogens is 320 g/mol. The minimum absolute atomic E-state index is 0.0834. The lowest BCUT2D eigenvalue weighted by molar-refractivity contribution is 0.0976. The number of carbonyl (C=O) groups excluding carboxylic acids is 1. The highest BCUT2D eigenvalue weighted by atomic mass is 79.9. The van der Waals surface area contributed by atoms with Gasteiger partial charge in [-0.3, -0.25) is 4.79 Å². The lowest BCUT2D eigenvalue weighted by Gasteiger charge is -2.29. The summed E-state index contributed by atoms with van der Waals surface area (Å²) >= 11 is 3.38. The van der Waals surface area contributed by atoms with Crippen molar-refractivity contribution in [1.29, 1.82) is 0 Å². The second kappa shape index (κ2) is 5.17. The van der Waals surface area contributed by atoms with E-state index in [0.29, 0.717) is 28.9 Å². The molecule has 1 heterocycles. The first kappa shape index (κ1) is 13.0. The zero-order valence-electron chi connectivity index (χ0n) is 10.7. The molecule has 2 aromatic rings. The van der Waals surface area contributed by atoms with Crippen molar-refractivity contribution in [2.24, 2.45) is 0 Å². The van der Waals surface area contributed by atoms with Gasteiger partial charge in [0.05, 0.1) is 22.3 Å². The zero-order valence-corrected chi connectivity index (χ0v) is 12.3. The third-order valence-electron chi connectivity index (χ3n) is 3.23. The molecule has 5 heteroatoms. The Balaban J connectivity index is 2.02. The Morgan fingerprint density at radius 1 is 1.20 bits per heavy atom. The molecule has 1 amide bonds. The molecule has 0 saturated heterocycles.